The smallest absolute Gasteiger partial charge is 0.203 e. The predicted molar refractivity (Wildman–Crippen MR) is 61.5 cm³/mol. The number of ketones is 1. The molecule has 0 atom stereocenters. The Kier molecular flexibility index (Phi) is 3.78. The van der Waals surface area contributed by atoms with Crippen LogP contribution in [0.15, 0.2) is 24.5 Å². The molecule has 2 aromatic rings. The molecule has 0 amide bonds. The number of benzene rings is 1. The van der Waals surface area contributed by atoms with Gasteiger partial charge >= 0.3 is 0 Å². The van der Waals surface area contributed by atoms with E-state index in [1.54, 1.807) is 17.8 Å². The van der Waals surface area contributed by atoms with E-state index in [0.717, 1.165) is 0 Å². The zero-order valence-corrected chi connectivity index (χ0v) is 10.3. The third kappa shape index (κ3) is 2.66. The van der Waals surface area contributed by atoms with Crippen LogP contribution >= 0.6 is 0 Å². The maximum absolute atomic E-state index is 13.3. The number of ether oxygens (including phenoxy) is 1. The predicted octanol–water partition coefficient (Wildman–Crippen LogP) is 2.84. The van der Waals surface area contributed by atoms with Crippen LogP contribution < -0.4 is 4.74 Å². The van der Waals surface area contributed by atoms with Gasteiger partial charge in [0.25, 0.3) is 0 Å². The van der Waals surface area contributed by atoms with Gasteiger partial charge in [-0.15, -0.1) is 0 Å². The molecule has 0 aliphatic heterocycles. The van der Waals surface area contributed by atoms with E-state index in [1.807, 2.05) is 0 Å². The molecule has 1 aromatic heterocycles. The van der Waals surface area contributed by atoms with Crippen LogP contribution in [0.2, 0.25) is 0 Å². The number of hydrogen-bond acceptors (Lipinski definition) is 2. The summed E-state index contributed by atoms with van der Waals surface area (Å²) in [4.78, 5) is 11.7. The van der Waals surface area contributed by atoms with Crippen molar-refractivity contribution in [2.75, 3.05) is 6.61 Å². The van der Waals surface area contributed by atoms with Crippen LogP contribution in [0.1, 0.15) is 10.4 Å². The number of carbonyl (C=O) groups is 1. The molecule has 7 heteroatoms. The van der Waals surface area contributed by atoms with E-state index >= 15 is 0 Å². The third-order valence-electron chi connectivity index (χ3n) is 2.57. The lowest BCUT2D eigenvalue weighted by Crippen LogP contribution is -2.13. The molecule has 106 valence electrons. The zero-order chi connectivity index (χ0) is 14.9. The van der Waals surface area contributed by atoms with Gasteiger partial charge in [-0.25, -0.2) is 8.78 Å². The second-order valence-corrected chi connectivity index (χ2v) is 4.07. The maximum atomic E-state index is 13.3. The topological polar surface area (TPSA) is 31.2 Å². The molecule has 1 aromatic carbocycles. The summed E-state index contributed by atoms with van der Waals surface area (Å²) >= 11 is 0. The lowest BCUT2D eigenvalue weighted by atomic mass is 10.2. The first-order valence-corrected chi connectivity index (χ1v) is 5.51. The quantitative estimate of drug-likeness (QED) is 0.492. The van der Waals surface area contributed by atoms with Gasteiger partial charge in [-0.05, 0) is 6.07 Å². The minimum atomic E-state index is -1.68. The highest BCUT2D eigenvalue weighted by Gasteiger charge is 2.21. The van der Waals surface area contributed by atoms with Crippen LogP contribution in [0.5, 0.6) is 5.75 Å². The fraction of sp³-hybridized carbons (Fsp3) is 0.154. The van der Waals surface area contributed by atoms with Crippen molar-refractivity contribution in [3.8, 4) is 5.75 Å². The molecule has 2 rings (SSSR count). The van der Waals surface area contributed by atoms with E-state index in [-0.39, 0.29) is 11.6 Å². The summed E-state index contributed by atoms with van der Waals surface area (Å²) in [5, 5.41) is 0. The first-order valence-electron chi connectivity index (χ1n) is 5.51. The minimum absolute atomic E-state index is 0.0660. The van der Waals surface area contributed by atoms with Gasteiger partial charge in [0.05, 0.1) is 0 Å². The van der Waals surface area contributed by atoms with E-state index in [9.17, 15) is 22.4 Å². The summed E-state index contributed by atoms with van der Waals surface area (Å²) in [5.41, 5.74) is 0.255. The second-order valence-electron chi connectivity index (χ2n) is 4.07. The Bertz CT molecular complexity index is 640. The van der Waals surface area contributed by atoms with E-state index in [2.05, 4.69) is 4.74 Å². The van der Waals surface area contributed by atoms with Crippen LogP contribution in [0.4, 0.5) is 17.6 Å². The number of halogens is 4. The van der Waals surface area contributed by atoms with Gasteiger partial charge in [0, 0.05) is 31.1 Å². The SMILES string of the molecule is Cn1ccc(C(=O)COc2c(F)c(F)cc(F)c2F)c1. The molecule has 0 fully saturated rings. The molecule has 0 N–H and O–H groups in total. The van der Waals surface area contributed by atoms with Crippen LogP contribution in [-0.4, -0.2) is 17.0 Å². The molecular weight excluding hydrogens is 278 g/mol. The summed E-state index contributed by atoms with van der Waals surface area (Å²) < 4.78 is 58.6. The van der Waals surface area contributed by atoms with Gasteiger partial charge in [0.2, 0.25) is 17.4 Å². The Morgan fingerprint density at radius 2 is 1.80 bits per heavy atom. The highest BCUT2D eigenvalue weighted by molar-refractivity contribution is 5.97. The first kappa shape index (κ1) is 14.1. The van der Waals surface area contributed by atoms with Crippen molar-refractivity contribution >= 4 is 5.78 Å². The Labute approximate surface area is 111 Å². The number of rotatable bonds is 4. The van der Waals surface area contributed by atoms with Crippen molar-refractivity contribution in [2.24, 2.45) is 7.05 Å². The second kappa shape index (κ2) is 5.36. The van der Waals surface area contributed by atoms with E-state index in [4.69, 9.17) is 0 Å². The highest BCUT2D eigenvalue weighted by Crippen LogP contribution is 2.26. The van der Waals surface area contributed by atoms with Gasteiger partial charge in [0.1, 0.15) is 0 Å². The Balaban J connectivity index is 2.17. The molecule has 0 bridgehead atoms. The average molecular weight is 287 g/mol. The number of carbonyl (C=O) groups excluding carboxylic acids is 1. The van der Waals surface area contributed by atoms with Gasteiger partial charge in [-0.1, -0.05) is 0 Å². The van der Waals surface area contributed by atoms with E-state index < -0.39 is 41.4 Å². The molecule has 0 aliphatic rings. The Morgan fingerprint density at radius 1 is 1.20 bits per heavy atom. The summed E-state index contributed by atoms with van der Waals surface area (Å²) in [6.07, 6.45) is 3.07. The highest BCUT2D eigenvalue weighted by atomic mass is 19.2. The van der Waals surface area contributed by atoms with Crippen LogP contribution in [0.3, 0.4) is 0 Å². The fourth-order valence-corrected chi connectivity index (χ4v) is 1.57. The summed E-state index contributed by atoms with van der Waals surface area (Å²) in [5.74, 6) is -8.35. The van der Waals surface area contributed by atoms with Crippen molar-refractivity contribution in [3.63, 3.8) is 0 Å². The lowest BCUT2D eigenvalue weighted by Gasteiger charge is -2.08. The van der Waals surface area contributed by atoms with Gasteiger partial charge in [0.15, 0.2) is 24.0 Å². The standard InChI is InChI=1S/C13H9F4NO2/c1-18-3-2-7(5-18)10(19)6-20-13-11(16)8(14)4-9(15)12(13)17/h2-5H,6H2,1H3. The molecule has 0 radical (unpaired) electrons. The number of aryl methyl sites for hydroxylation is 1. The normalized spacial score (nSPS) is 10.7. The summed E-state index contributed by atoms with van der Waals surface area (Å²) in [7, 11) is 1.68. The largest absolute Gasteiger partial charge is 0.479 e. The van der Waals surface area contributed by atoms with Crippen LogP contribution in [-0.2, 0) is 7.05 Å². The molecule has 0 saturated heterocycles. The molecule has 0 saturated carbocycles. The third-order valence-corrected chi connectivity index (χ3v) is 2.57. The molecular formula is C13H9F4NO2. The number of nitrogens with zero attached hydrogens (tertiary/aromatic N) is 1. The molecule has 0 spiro atoms. The van der Waals surface area contributed by atoms with Crippen molar-refractivity contribution in [2.45, 2.75) is 0 Å². The molecule has 0 unspecified atom stereocenters. The summed E-state index contributed by atoms with van der Waals surface area (Å²) in [6, 6.07) is 1.54. The van der Waals surface area contributed by atoms with Crippen molar-refractivity contribution in [3.05, 3.63) is 53.4 Å². The Morgan fingerprint density at radius 3 is 2.30 bits per heavy atom. The lowest BCUT2D eigenvalue weighted by molar-refractivity contribution is 0.0913. The van der Waals surface area contributed by atoms with Gasteiger partial charge < -0.3 is 9.30 Å². The number of Topliss-reactive ketones (excluding diaryl/α,β-unsaturated/α-hetero) is 1. The van der Waals surface area contributed by atoms with E-state index in [1.165, 1.54) is 12.3 Å². The average Bonchev–Trinajstić information content (AvgIpc) is 2.83. The number of hydrogen-bond donors (Lipinski definition) is 0. The minimum Gasteiger partial charge on any atom is -0.479 e. The Hall–Kier alpha value is -2.31. The van der Waals surface area contributed by atoms with Crippen molar-refractivity contribution in [1.29, 1.82) is 0 Å². The fourth-order valence-electron chi connectivity index (χ4n) is 1.57. The molecule has 3 nitrogen and oxygen atoms in total. The van der Waals surface area contributed by atoms with Crippen LogP contribution in [0, 0.1) is 23.3 Å². The first-order chi connectivity index (χ1) is 9.40. The van der Waals surface area contributed by atoms with Gasteiger partial charge in [-0.3, -0.25) is 4.79 Å². The van der Waals surface area contributed by atoms with Crippen molar-refractivity contribution < 1.29 is 27.1 Å². The molecule has 20 heavy (non-hydrogen) atoms. The van der Waals surface area contributed by atoms with Crippen LogP contribution in [0.25, 0.3) is 0 Å². The monoisotopic (exact) mass is 287 g/mol. The number of aromatic nitrogens is 1. The maximum Gasteiger partial charge on any atom is 0.203 e. The summed E-state index contributed by atoms with van der Waals surface area (Å²) in [6.45, 7) is -0.735. The van der Waals surface area contributed by atoms with E-state index in [0.29, 0.717) is 0 Å². The molecule has 0 aliphatic carbocycles. The van der Waals surface area contributed by atoms with Gasteiger partial charge in [-0.2, -0.15) is 8.78 Å². The van der Waals surface area contributed by atoms with Crippen molar-refractivity contribution in [1.82, 2.24) is 4.57 Å². The molecule has 1 heterocycles. The zero-order valence-electron chi connectivity index (χ0n) is 10.3.